The average Bonchev–Trinajstić information content (AvgIpc) is 3.07. The number of phenolic OH excluding ortho intramolecular Hbond substituents is 2. The van der Waals surface area contributed by atoms with Crippen LogP contribution in [-0.2, 0) is 11.0 Å². The van der Waals surface area contributed by atoms with Gasteiger partial charge in [0.15, 0.2) is 5.82 Å². The van der Waals surface area contributed by atoms with Gasteiger partial charge in [-0.2, -0.15) is 5.10 Å². The molecule has 3 rings (SSSR count). The molecular weight excluding hydrogens is 430 g/mol. The molecule has 1 aromatic heterocycles. The Morgan fingerprint density at radius 2 is 1.83 bits per heavy atom. The Kier molecular flexibility index (Phi) is 6.61. The fraction of sp³-hybridized carbons (Fsp3) is 0.263. The van der Waals surface area contributed by atoms with Crippen molar-refractivity contribution in [1.82, 2.24) is 24.0 Å². The van der Waals surface area contributed by atoms with E-state index in [1.54, 1.807) is 35.6 Å². The number of H-pyrrole nitrogens is 1. The van der Waals surface area contributed by atoms with E-state index in [1.807, 2.05) is 19.0 Å². The zero-order chi connectivity index (χ0) is 22.0. The summed E-state index contributed by atoms with van der Waals surface area (Å²) in [4.78, 5) is 14.4. The number of phenols is 2. The smallest absolute Gasteiger partial charge is 0.348 e. The Hall–Kier alpha value is -2.66. The SMILES string of the molecule is CN(C)CCN(C)S(=O)c1cc(-c2n[nH]c(=O)n2-c2ccccc2Cl)c(O)cc1O. The average molecular weight is 452 g/mol. The van der Waals surface area contributed by atoms with Crippen molar-refractivity contribution in [3.63, 3.8) is 0 Å². The summed E-state index contributed by atoms with van der Waals surface area (Å²) in [5.74, 6) is -0.579. The molecule has 9 nitrogen and oxygen atoms in total. The summed E-state index contributed by atoms with van der Waals surface area (Å²) in [6.07, 6.45) is 0. The predicted molar refractivity (Wildman–Crippen MR) is 116 cm³/mol. The number of nitrogens with zero attached hydrogens (tertiary/aromatic N) is 4. The van der Waals surface area contributed by atoms with Crippen LogP contribution in [0.3, 0.4) is 0 Å². The maximum atomic E-state index is 12.9. The second-order valence-electron chi connectivity index (χ2n) is 6.88. The van der Waals surface area contributed by atoms with Crippen molar-refractivity contribution in [1.29, 1.82) is 0 Å². The molecule has 0 saturated carbocycles. The zero-order valence-corrected chi connectivity index (χ0v) is 18.2. The van der Waals surface area contributed by atoms with E-state index in [9.17, 15) is 19.2 Å². The number of likely N-dealkylation sites (N-methyl/N-ethyl adjacent to an activating group) is 2. The van der Waals surface area contributed by atoms with E-state index in [0.717, 1.165) is 6.07 Å². The first-order valence-electron chi connectivity index (χ1n) is 8.97. The molecular formula is C19H22ClN5O4S. The van der Waals surface area contributed by atoms with Crippen LogP contribution in [0, 0.1) is 0 Å². The number of rotatable bonds is 7. The van der Waals surface area contributed by atoms with Gasteiger partial charge in [-0.1, -0.05) is 23.7 Å². The van der Waals surface area contributed by atoms with Crippen LogP contribution in [0.5, 0.6) is 11.5 Å². The fourth-order valence-electron chi connectivity index (χ4n) is 2.80. The number of hydrogen-bond donors (Lipinski definition) is 3. The summed E-state index contributed by atoms with van der Waals surface area (Å²) in [6.45, 7) is 1.15. The van der Waals surface area contributed by atoms with Gasteiger partial charge < -0.3 is 15.1 Å². The maximum absolute atomic E-state index is 12.9. The minimum atomic E-state index is -1.70. The number of benzene rings is 2. The van der Waals surface area contributed by atoms with Crippen molar-refractivity contribution in [3.8, 4) is 28.6 Å². The van der Waals surface area contributed by atoms with Gasteiger partial charge in [-0.3, -0.25) is 0 Å². The Labute approximate surface area is 180 Å². The highest BCUT2D eigenvalue weighted by Gasteiger charge is 2.23. The number of para-hydroxylation sites is 1. The molecule has 11 heteroatoms. The van der Waals surface area contributed by atoms with Gasteiger partial charge in [0, 0.05) is 26.2 Å². The second kappa shape index (κ2) is 9.00. The van der Waals surface area contributed by atoms with Gasteiger partial charge in [0.1, 0.15) is 22.5 Å². The standard InChI is InChI=1S/C19H22ClN5O4S/c1-23(2)8-9-24(3)30(29)17-10-12(15(26)11-16(17)27)18-21-22-19(28)25(18)14-7-5-4-6-13(14)20/h4-7,10-11,26-27H,8-9H2,1-3H3,(H,22,28). The lowest BCUT2D eigenvalue weighted by Gasteiger charge is -2.19. The van der Waals surface area contributed by atoms with Crippen molar-refractivity contribution in [2.24, 2.45) is 0 Å². The minimum Gasteiger partial charge on any atom is -0.507 e. The first kappa shape index (κ1) is 22.0. The van der Waals surface area contributed by atoms with Crippen molar-refractivity contribution < 1.29 is 14.4 Å². The van der Waals surface area contributed by atoms with Gasteiger partial charge in [-0.25, -0.2) is 23.0 Å². The summed E-state index contributed by atoms with van der Waals surface area (Å²) in [5.41, 5.74) is -0.0713. The quantitative estimate of drug-likeness (QED) is 0.504. The maximum Gasteiger partial charge on any atom is 0.348 e. The monoisotopic (exact) mass is 451 g/mol. The molecule has 0 fully saturated rings. The van der Waals surface area contributed by atoms with Crippen molar-refractivity contribution in [2.45, 2.75) is 4.90 Å². The number of hydrogen-bond acceptors (Lipinski definition) is 6. The Balaban J connectivity index is 2.09. The van der Waals surface area contributed by atoms with E-state index in [2.05, 4.69) is 10.2 Å². The van der Waals surface area contributed by atoms with E-state index in [0.29, 0.717) is 23.8 Å². The van der Waals surface area contributed by atoms with Crippen molar-refractivity contribution >= 4 is 22.6 Å². The topological polar surface area (TPSA) is 115 Å². The molecule has 0 aliphatic carbocycles. The fourth-order valence-corrected chi connectivity index (χ4v) is 4.06. The summed E-state index contributed by atoms with van der Waals surface area (Å²) in [5, 5.41) is 27.4. The number of aromatic nitrogens is 3. The zero-order valence-electron chi connectivity index (χ0n) is 16.7. The van der Waals surface area contributed by atoms with Gasteiger partial charge in [-0.05, 0) is 32.3 Å². The summed E-state index contributed by atoms with van der Waals surface area (Å²) < 4.78 is 15.7. The third-order valence-corrected chi connectivity index (χ3v) is 6.19. The number of aromatic amines is 1. The summed E-state index contributed by atoms with van der Waals surface area (Å²) in [6, 6.07) is 9.13. The van der Waals surface area contributed by atoms with Gasteiger partial charge >= 0.3 is 5.69 Å². The lowest BCUT2D eigenvalue weighted by molar-refractivity contribution is 0.366. The van der Waals surface area contributed by atoms with E-state index >= 15 is 0 Å². The largest absolute Gasteiger partial charge is 0.507 e. The molecule has 0 saturated heterocycles. The highest BCUT2D eigenvalue weighted by Crippen LogP contribution is 2.36. The molecule has 1 unspecified atom stereocenters. The summed E-state index contributed by atoms with van der Waals surface area (Å²) in [7, 11) is 3.77. The highest BCUT2D eigenvalue weighted by atomic mass is 35.5. The Morgan fingerprint density at radius 3 is 2.50 bits per heavy atom. The molecule has 2 aromatic carbocycles. The molecule has 0 spiro atoms. The van der Waals surface area contributed by atoms with E-state index in [1.165, 1.54) is 10.6 Å². The first-order valence-corrected chi connectivity index (χ1v) is 10.5. The molecule has 3 N–H and O–H groups in total. The Morgan fingerprint density at radius 1 is 1.13 bits per heavy atom. The predicted octanol–water partition coefficient (Wildman–Crippen LogP) is 1.81. The lowest BCUT2D eigenvalue weighted by atomic mass is 10.1. The summed E-state index contributed by atoms with van der Waals surface area (Å²) >= 11 is 6.23. The van der Waals surface area contributed by atoms with Crippen LogP contribution in [0.1, 0.15) is 0 Å². The number of nitrogens with one attached hydrogen (secondary N) is 1. The molecule has 0 aliphatic rings. The number of halogens is 1. The van der Waals surface area contributed by atoms with Crippen LogP contribution in [0.25, 0.3) is 17.1 Å². The normalized spacial score (nSPS) is 12.6. The van der Waals surface area contributed by atoms with Crippen LogP contribution < -0.4 is 5.69 Å². The molecule has 3 aromatic rings. The first-order chi connectivity index (χ1) is 14.2. The Bertz CT molecular complexity index is 1140. The van der Waals surface area contributed by atoms with Crippen LogP contribution >= 0.6 is 11.6 Å². The second-order valence-corrected chi connectivity index (χ2v) is 8.85. The van der Waals surface area contributed by atoms with E-state index in [4.69, 9.17) is 11.6 Å². The molecule has 0 amide bonds. The van der Waals surface area contributed by atoms with Crippen molar-refractivity contribution in [2.75, 3.05) is 34.2 Å². The third kappa shape index (κ3) is 4.41. The van der Waals surface area contributed by atoms with Crippen LogP contribution in [-0.4, -0.2) is 72.6 Å². The van der Waals surface area contributed by atoms with E-state index in [-0.39, 0.29) is 27.8 Å². The van der Waals surface area contributed by atoms with Crippen LogP contribution in [0.15, 0.2) is 46.1 Å². The van der Waals surface area contributed by atoms with Crippen LogP contribution in [0.4, 0.5) is 0 Å². The molecule has 1 atom stereocenters. The minimum absolute atomic E-state index is 0.0693. The third-order valence-electron chi connectivity index (χ3n) is 4.42. The molecule has 30 heavy (non-hydrogen) atoms. The van der Waals surface area contributed by atoms with Crippen molar-refractivity contribution in [3.05, 3.63) is 51.9 Å². The van der Waals surface area contributed by atoms with Gasteiger partial charge in [-0.15, -0.1) is 0 Å². The van der Waals surface area contributed by atoms with Gasteiger partial charge in [0.2, 0.25) is 0 Å². The lowest BCUT2D eigenvalue weighted by Crippen LogP contribution is -2.30. The highest BCUT2D eigenvalue weighted by molar-refractivity contribution is 7.82. The molecule has 0 radical (unpaired) electrons. The molecule has 0 bridgehead atoms. The van der Waals surface area contributed by atoms with Gasteiger partial charge in [0.05, 0.1) is 21.2 Å². The molecule has 1 heterocycles. The van der Waals surface area contributed by atoms with E-state index < -0.39 is 16.7 Å². The van der Waals surface area contributed by atoms with Crippen LogP contribution in [0.2, 0.25) is 5.02 Å². The van der Waals surface area contributed by atoms with Gasteiger partial charge in [0.25, 0.3) is 0 Å². The molecule has 160 valence electrons. The molecule has 0 aliphatic heterocycles. The number of aromatic hydroxyl groups is 2.